The van der Waals surface area contributed by atoms with E-state index in [0.717, 1.165) is 31.2 Å². The summed E-state index contributed by atoms with van der Waals surface area (Å²) in [5.41, 5.74) is 1.09. The van der Waals surface area contributed by atoms with Crippen molar-refractivity contribution in [3.05, 3.63) is 29.8 Å². The first-order chi connectivity index (χ1) is 7.56. The van der Waals surface area contributed by atoms with Gasteiger partial charge in [-0.2, -0.15) is 0 Å². The molecule has 3 heteroatoms. The predicted octanol–water partition coefficient (Wildman–Crippen LogP) is 3.35. The Morgan fingerprint density at radius 2 is 1.62 bits per heavy atom. The summed E-state index contributed by atoms with van der Waals surface area (Å²) in [6.45, 7) is 4.08. The molecule has 0 spiro atoms. The predicted molar refractivity (Wildman–Crippen MR) is 67.4 cm³/mol. The fourth-order valence-electron chi connectivity index (χ4n) is 1.58. The summed E-state index contributed by atoms with van der Waals surface area (Å²) in [6.07, 6.45) is 4.01. The van der Waals surface area contributed by atoms with E-state index in [-0.39, 0.29) is 5.75 Å². The summed E-state index contributed by atoms with van der Waals surface area (Å²) in [4.78, 5) is 0.453. The summed E-state index contributed by atoms with van der Waals surface area (Å²) in [6, 6.07) is 7.09. The molecule has 0 bridgehead atoms. The molecule has 0 fully saturated rings. The first-order valence-electron chi connectivity index (χ1n) is 5.85. The number of sulfone groups is 1. The van der Waals surface area contributed by atoms with Gasteiger partial charge < -0.3 is 0 Å². The van der Waals surface area contributed by atoms with Crippen molar-refractivity contribution in [1.29, 1.82) is 0 Å². The lowest BCUT2D eigenvalue weighted by molar-refractivity contribution is 0.589. The quantitative estimate of drug-likeness (QED) is 0.715. The first-order valence-corrected chi connectivity index (χ1v) is 7.51. The average Bonchev–Trinajstić information content (AvgIpc) is 2.25. The van der Waals surface area contributed by atoms with Crippen molar-refractivity contribution >= 4 is 9.84 Å². The van der Waals surface area contributed by atoms with Crippen LogP contribution in [0.1, 0.15) is 38.2 Å². The molecule has 0 N–H and O–H groups in total. The SMILES string of the molecule is CCCCCCS(=O)(=O)c1ccc(C)cc1. The van der Waals surface area contributed by atoms with Crippen molar-refractivity contribution in [3.63, 3.8) is 0 Å². The molecule has 0 atom stereocenters. The summed E-state index contributed by atoms with van der Waals surface area (Å²) < 4.78 is 23.8. The zero-order chi connectivity index (χ0) is 12.0. The van der Waals surface area contributed by atoms with Crippen LogP contribution in [0.5, 0.6) is 0 Å². The molecular formula is C13H20O2S. The maximum Gasteiger partial charge on any atom is 0.178 e. The summed E-state index contributed by atoms with van der Waals surface area (Å²) in [7, 11) is -3.06. The van der Waals surface area contributed by atoms with E-state index in [1.165, 1.54) is 0 Å². The van der Waals surface area contributed by atoms with E-state index >= 15 is 0 Å². The number of hydrogen-bond acceptors (Lipinski definition) is 2. The third-order valence-corrected chi connectivity index (χ3v) is 4.46. The summed E-state index contributed by atoms with van der Waals surface area (Å²) >= 11 is 0. The third kappa shape index (κ3) is 3.97. The Morgan fingerprint density at radius 1 is 1.00 bits per heavy atom. The lowest BCUT2D eigenvalue weighted by atomic mass is 10.2. The summed E-state index contributed by atoms with van der Waals surface area (Å²) in [5.74, 6) is 0.274. The van der Waals surface area contributed by atoms with Crippen molar-refractivity contribution in [2.75, 3.05) is 5.75 Å². The Labute approximate surface area is 98.6 Å². The van der Waals surface area contributed by atoms with Crippen LogP contribution < -0.4 is 0 Å². The van der Waals surface area contributed by atoms with Gasteiger partial charge in [-0.05, 0) is 25.5 Å². The molecule has 1 aromatic rings. The Bertz CT molecular complexity index is 404. The maximum atomic E-state index is 11.9. The molecule has 0 aliphatic rings. The Balaban J connectivity index is 2.60. The second-order valence-corrected chi connectivity index (χ2v) is 6.30. The Kier molecular flexibility index (Phi) is 5.00. The first kappa shape index (κ1) is 13.2. The standard InChI is InChI=1S/C13H20O2S/c1-3-4-5-6-11-16(14,15)13-9-7-12(2)8-10-13/h7-10H,3-6,11H2,1-2H3. The van der Waals surface area contributed by atoms with E-state index in [4.69, 9.17) is 0 Å². The van der Waals surface area contributed by atoms with Crippen LogP contribution >= 0.6 is 0 Å². The molecule has 0 aromatic heterocycles. The van der Waals surface area contributed by atoms with Crippen LogP contribution in [0.3, 0.4) is 0 Å². The van der Waals surface area contributed by atoms with E-state index in [2.05, 4.69) is 6.92 Å². The van der Waals surface area contributed by atoms with Gasteiger partial charge in [0.25, 0.3) is 0 Å². The summed E-state index contributed by atoms with van der Waals surface area (Å²) in [5, 5.41) is 0. The van der Waals surface area contributed by atoms with Gasteiger partial charge in [-0.15, -0.1) is 0 Å². The van der Waals surface area contributed by atoms with Crippen molar-refractivity contribution in [3.8, 4) is 0 Å². The van der Waals surface area contributed by atoms with Crippen molar-refractivity contribution < 1.29 is 8.42 Å². The van der Waals surface area contributed by atoms with E-state index in [9.17, 15) is 8.42 Å². The van der Waals surface area contributed by atoms with Gasteiger partial charge in [-0.25, -0.2) is 8.42 Å². The molecule has 0 saturated heterocycles. The molecule has 2 nitrogen and oxygen atoms in total. The Hall–Kier alpha value is -0.830. The van der Waals surface area contributed by atoms with Crippen molar-refractivity contribution in [1.82, 2.24) is 0 Å². The third-order valence-electron chi connectivity index (χ3n) is 2.65. The highest BCUT2D eigenvalue weighted by Gasteiger charge is 2.12. The van der Waals surface area contributed by atoms with Crippen LogP contribution in [0.25, 0.3) is 0 Å². The fraction of sp³-hybridized carbons (Fsp3) is 0.538. The molecule has 0 radical (unpaired) electrons. The molecular weight excluding hydrogens is 220 g/mol. The van der Waals surface area contributed by atoms with Crippen LogP contribution in [-0.2, 0) is 9.84 Å². The van der Waals surface area contributed by atoms with Crippen LogP contribution in [0.4, 0.5) is 0 Å². The highest BCUT2D eigenvalue weighted by molar-refractivity contribution is 7.91. The fourth-order valence-corrected chi connectivity index (χ4v) is 2.95. The van der Waals surface area contributed by atoms with Gasteiger partial charge in [0.05, 0.1) is 10.6 Å². The van der Waals surface area contributed by atoms with Crippen LogP contribution in [0, 0.1) is 6.92 Å². The van der Waals surface area contributed by atoms with Crippen molar-refractivity contribution in [2.24, 2.45) is 0 Å². The van der Waals surface area contributed by atoms with Gasteiger partial charge in [0.15, 0.2) is 9.84 Å². The van der Waals surface area contributed by atoms with Gasteiger partial charge in [0, 0.05) is 0 Å². The Morgan fingerprint density at radius 3 is 2.19 bits per heavy atom. The number of aryl methyl sites for hydroxylation is 1. The molecule has 0 heterocycles. The lowest BCUT2D eigenvalue weighted by Crippen LogP contribution is -2.06. The second kappa shape index (κ2) is 6.04. The number of rotatable bonds is 6. The van der Waals surface area contributed by atoms with E-state index in [0.29, 0.717) is 4.90 Å². The molecule has 1 aromatic carbocycles. The zero-order valence-corrected chi connectivity index (χ0v) is 10.9. The molecule has 0 aliphatic heterocycles. The highest BCUT2D eigenvalue weighted by Crippen LogP contribution is 2.14. The topological polar surface area (TPSA) is 34.1 Å². The molecule has 1 rings (SSSR count). The molecule has 0 unspecified atom stereocenters. The second-order valence-electron chi connectivity index (χ2n) is 4.19. The van der Waals surface area contributed by atoms with Gasteiger partial charge in [-0.1, -0.05) is 43.9 Å². The minimum atomic E-state index is -3.06. The van der Waals surface area contributed by atoms with Gasteiger partial charge >= 0.3 is 0 Å². The number of unbranched alkanes of at least 4 members (excludes halogenated alkanes) is 3. The maximum absolute atomic E-state index is 11.9. The molecule has 0 amide bonds. The smallest absolute Gasteiger partial charge is 0.178 e. The zero-order valence-electron chi connectivity index (χ0n) is 10.1. The molecule has 90 valence electrons. The number of benzene rings is 1. The number of hydrogen-bond donors (Lipinski definition) is 0. The largest absolute Gasteiger partial charge is 0.224 e. The minimum absolute atomic E-state index is 0.274. The van der Waals surface area contributed by atoms with Crippen molar-refractivity contribution in [2.45, 2.75) is 44.4 Å². The lowest BCUT2D eigenvalue weighted by Gasteiger charge is -2.04. The minimum Gasteiger partial charge on any atom is -0.224 e. The normalized spacial score (nSPS) is 11.6. The van der Waals surface area contributed by atoms with Gasteiger partial charge in [0.2, 0.25) is 0 Å². The monoisotopic (exact) mass is 240 g/mol. The van der Waals surface area contributed by atoms with Gasteiger partial charge in [-0.3, -0.25) is 0 Å². The van der Waals surface area contributed by atoms with E-state index < -0.39 is 9.84 Å². The van der Waals surface area contributed by atoms with Crippen LogP contribution in [-0.4, -0.2) is 14.2 Å². The van der Waals surface area contributed by atoms with Crippen LogP contribution in [0.2, 0.25) is 0 Å². The molecule has 16 heavy (non-hydrogen) atoms. The van der Waals surface area contributed by atoms with Crippen LogP contribution in [0.15, 0.2) is 29.2 Å². The molecule has 0 saturated carbocycles. The van der Waals surface area contributed by atoms with E-state index in [1.807, 2.05) is 19.1 Å². The molecule has 0 aliphatic carbocycles. The van der Waals surface area contributed by atoms with E-state index in [1.54, 1.807) is 12.1 Å². The average molecular weight is 240 g/mol. The highest BCUT2D eigenvalue weighted by atomic mass is 32.2. The van der Waals surface area contributed by atoms with Gasteiger partial charge in [0.1, 0.15) is 0 Å².